The molecular formula is C32H30N4O4. The lowest BCUT2D eigenvalue weighted by Gasteiger charge is -2.36. The van der Waals surface area contributed by atoms with Gasteiger partial charge in [0.2, 0.25) is 0 Å². The van der Waals surface area contributed by atoms with Crippen LogP contribution in [0.15, 0.2) is 72.8 Å². The summed E-state index contributed by atoms with van der Waals surface area (Å²) in [6.45, 7) is 3.11. The summed E-state index contributed by atoms with van der Waals surface area (Å²) in [4.78, 5) is 48.0. The van der Waals surface area contributed by atoms with Crippen LogP contribution in [0.25, 0.3) is 10.9 Å². The topological polar surface area (TPSA) is 94.7 Å². The van der Waals surface area contributed by atoms with Crippen LogP contribution in [0, 0.1) is 6.92 Å². The van der Waals surface area contributed by atoms with Gasteiger partial charge in [0.05, 0.1) is 17.4 Å². The molecule has 4 heterocycles. The fourth-order valence-corrected chi connectivity index (χ4v) is 6.36. The van der Waals surface area contributed by atoms with Gasteiger partial charge in [-0.3, -0.25) is 14.5 Å². The molecule has 0 radical (unpaired) electrons. The number of H-pyrrole nitrogens is 1. The first-order valence-electron chi connectivity index (χ1n) is 13.8. The van der Waals surface area contributed by atoms with E-state index >= 15 is 0 Å². The summed E-state index contributed by atoms with van der Waals surface area (Å²) in [5.74, 6) is -0.653. The fraction of sp³-hybridized carbons (Fsp3) is 0.281. The van der Waals surface area contributed by atoms with Gasteiger partial charge in [0.25, 0.3) is 11.8 Å². The summed E-state index contributed by atoms with van der Waals surface area (Å²) in [5, 5.41) is 3.99. The number of nitrogens with one attached hydrogen (secondary N) is 2. The van der Waals surface area contributed by atoms with E-state index in [2.05, 4.69) is 16.4 Å². The number of carbonyl (C=O) groups excluding carboxylic acids is 3. The van der Waals surface area contributed by atoms with Gasteiger partial charge in [-0.1, -0.05) is 60.2 Å². The van der Waals surface area contributed by atoms with Crippen LogP contribution in [0.2, 0.25) is 0 Å². The number of nitrogens with zero attached hydrogens (tertiary/aromatic N) is 2. The summed E-state index contributed by atoms with van der Waals surface area (Å²) in [6.07, 6.45) is 2.26. The van der Waals surface area contributed by atoms with Gasteiger partial charge < -0.3 is 15.0 Å². The average molecular weight is 535 g/mol. The third kappa shape index (κ3) is 3.90. The van der Waals surface area contributed by atoms with Gasteiger partial charge in [0.15, 0.2) is 0 Å². The number of aryl methyl sites for hydroxylation is 1. The van der Waals surface area contributed by atoms with Crippen LogP contribution in [-0.2, 0) is 16.0 Å². The standard InChI is InChI=1S/C32H30N4O4/c1-19-12-14-20(15-13-19)29-28-24(22-8-2-4-10-25(22)34-28)17-27-31(38)36(32(39)35(27)29)26-11-5-3-9-23(26)30(37)33-18-21-7-6-16-40-21/h2-5,8-15,21,27,29,34H,6-7,16-18H2,1H3,(H,33,37)/t21-,27+,29+/m1/s1. The molecule has 0 bridgehead atoms. The zero-order valence-corrected chi connectivity index (χ0v) is 22.2. The van der Waals surface area contributed by atoms with E-state index in [0.29, 0.717) is 25.3 Å². The molecule has 0 aliphatic carbocycles. The summed E-state index contributed by atoms with van der Waals surface area (Å²) in [5.41, 5.74) is 5.58. The van der Waals surface area contributed by atoms with E-state index in [0.717, 1.165) is 46.1 Å². The van der Waals surface area contributed by atoms with Crippen molar-refractivity contribution in [3.05, 3.63) is 101 Å². The van der Waals surface area contributed by atoms with Crippen molar-refractivity contribution in [2.45, 2.75) is 44.4 Å². The van der Waals surface area contributed by atoms with Crippen LogP contribution >= 0.6 is 0 Å². The van der Waals surface area contributed by atoms with Gasteiger partial charge in [-0.2, -0.15) is 0 Å². The molecule has 2 N–H and O–H groups in total. The smallest absolute Gasteiger partial charge is 0.332 e. The summed E-state index contributed by atoms with van der Waals surface area (Å²) in [6, 6.07) is 21.4. The van der Waals surface area contributed by atoms with E-state index < -0.39 is 18.1 Å². The van der Waals surface area contributed by atoms with Crippen molar-refractivity contribution in [3.8, 4) is 0 Å². The van der Waals surface area contributed by atoms with Crippen molar-refractivity contribution in [2.75, 3.05) is 18.1 Å². The van der Waals surface area contributed by atoms with Gasteiger partial charge in [0.1, 0.15) is 12.1 Å². The molecule has 40 heavy (non-hydrogen) atoms. The predicted molar refractivity (Wildman–Crippen MR) is 151 cm³/mol. The molecule has 3 aromatic carbocycles. The third-order valence-corrected chi connectivity index (χ3v) is 8.35. The molecule has 8 nitrogen and oxygen atoms in total. The molecule has 4 aromatic rings. The molecule has 4 amide bonds. The van der Waals surface area contributed by atoms with Gasteiger partial charge >= 0.3 is 6.03 Å². The average Bonchev–Trinajstić information content (AvgIpc) is 3.69. The van der Waals surface area contributed by atoms with E-state index in [1.54, 1.807) is 29.2 Å². The lowest BCUT2D eigenvalue weighted by molar-refractivity contribution is -0.120. The van der Waals surface area contributed by atoms with Gasteiger partial charge in [-0.05, 0) is 49.1 Å². The first-order valence-corrected chi connectivity index (χ1v) is 13.8. The minimum atomic E-state index is -0.687. The molecule has 8 heteroatoms. The number of rotatable bonds is 5. The molecule has 3 aliphatic rings. The third-order valence-electron chi connectivity index (χ3n) is 8.35. The SMILES string of the molecule is Cc1ccc([C@H]2c3[nH]c4ccccc4c3C[C@H]3C(=O)N(c4ccccc4C(=O)NC[C@H]4CCCO4)C(=O)N23)cc1. The number of benzene rings is 3. The lowest BCUT2D eigenvalue weighted by atomic mass is 9.88. The molecule has 3 aliphatic heterocycles. The zero-order chi connectivity index (χ0) is 27.4. The number of para-hydroxylation sites is 2. The Balaban J connectivity index is 1.29. The van der Waals surface area contributed by atoms with E-state index in [4.69, 9.17) is 4.74 Å². The number of ether oxygens (including phenoxy) is 1. The van der Waals surface area contributed by atoms with Crippen LogP contribution in [0.4, 0.5) is 10.5 Å². The van der Waals surface area contributed by atoms with Crippen molar-refractivity contribution in [1.82, 2.24) is 15.2 Å². The molecule has 0 saturated carbocycles. The fourth-order valence-electron chi connectivity index (χ4n) is 6.36. The number of amides is 4. The Labute approximate surface area is 231 Å². The molecular weight excluding hydrogens is 504 g/mol. The monoisotopic (exact) mass is 534 g/mol. The van der Waals surface area contributed by atoms with Crippen LogP contribution in [0.1, 0.15) is 51.6 Å². The summed E-state index contributed by atoms with van der Waals surface area (Å²) < 4.78 is 5.64. The van der Waals surface area contributed by atoms with Crippen LogP contribution in [-0.4, -0.2) is 53.0 Å². The molecule has 1 aromatic heterocycles. The second-order valence-electron chi connectivity index (χ2n) is 10.8. The number of aromatic amines is 1. The molecule has 2 fully saturated rings. The van der Waals surface area contributed by atoms with E-state index in [-0.39, 0.29) is 23.5 Å². The Morgan fingerprint density at radius 3 is 2.60 bits per heavy atom. The van der Waals surface area contributed by atoms with E-state index in [9.17, 15) is 14.4 Å². The Hall–Kier alpha value is -4.43. The number of hydrogen-bond donors (Lipinski definition) is 2. The largest absolute Gasteiger partial charge is 0.376 e. The van der Waals surface area contributed by atoms with Crippen LogP contribution in [0.3, 0.4) is 0 Å². The Bertz CT molecular complexity index is 1640. The predicted octanol–water partition coefficient (Wildman–Crippen LogP) is 4.87. The lowest BCUT2D eigenvalue weighted by Crippen LogP contribution is -2.44. The van der Waals surface area contributed by atoms with E-state index in [1.807, 2.05) is 49.4 Å². The highest BCUT2D eigenvalue weighted by atomic mass is 16.5. The highest BCUT2D eigenvalue weighted by Crippen LogP contribution is 2.45. The van der Waals surface area contributed by atoms with Gasteiger partial charge in [-0.15, -0.1) is 0 Å². The quantitative estimate of drug-likeness (QED) is 0.357. The molecule has 202 valence electrons. The number of hydrogen-bond acceptors (Lipinski definition) is 4. The van der Waals surface area contributed by atoms with Crippen LogP contribution in [0.5, 0.6) is 0 Å². The number of urea groups is 1. The Morgan fingerprint density at radius 1 is 1.02 bits per heavy atom. The van der Waals surface area contributed by atoms with Crippen molar-refractivity contribution >= 4 is 34.4 Å². The number of carbonyl (C=O) groups is 3. The second kappa shape index (κ2) is 9.64. The first-order chi connectivity index (χ1) is 19.5. The van der Waals surface area contributed by atoms with Crippen molar-refractivity contribution in [2.24, 2.45) is 0 Å². The highest BCUT2D eigenvalue weighted by molar-refractivity contribution is 6.24. The molecule has 7 rings (SSSR count). The Kier molecular flexibility index (Phi) is 5.93. The highest BCUT2D eigenvalue weighted by Gasteiger charge is 2.53. The normalized spacial score (nSPS) is 22.1. The maximum Gasteiger partial charge on any atom is 0.332 e. The molecule has 3 atom stereocenters. The van der Waals surface area contributed by atoms with Crippen molar-refractivity contribution in [1.29, 1.82) is 0 Å². The van der Waals surface area contributed by atoms with Gasteiger partial charge in [0, 0.05) is 36.2 Å². The van der Waals surface area contributed by atoms with Crippen LogP contribution < -0.4 is 10.2 Å². The summed E-state index contributed by atoms with van der Waals surface area (Å²) in [7, 11) is 0. The summed E-state index contributed by atoms with van der Waals surface area (Å²) >= 11 is 0. The van der Waals surface area contributed by atoms with Gasteiger partial charge in [-0.25, -0.2) is 9.69 Å². The minimum Gasteiger partial charge on any atom is -0.376 e. The zero-order valence-electron chi connectivity index (χ0n) is 22.2. The first kappa shape index (κ1) is 24.6. The maximum absolute atomic E-state index is 14.2. The van der Waals surface area contributed by atoms with Crippen molar-refractivity contribution in [3.63, 3.8) is 0 Å². The van der Waals surface area contributed by atoms with Crippen molar-refractivity contribution < 1.29 is 19.1 Å². The molecule has 2 saturated heterocycles. The minimum absolute atomic E-state index is 0.0146. The van der Waals surface area contributed by atoms with E-state index in [1.165, 1.54) is 4.90 Å². The maximum atomic E-state index is 14.2. The molecule has 0 spiro atoms. The number of fused-ring (bicyclic) bond motifs is 4. The second-order valence-corrected chi connectivity index (χ2v) is 10.8. The number of imide groups is 1. The Morgan fingerprint density at radius 2 is 1.80 bits per heavy atom. The number of aromatic nitrogens is 1. The number of anilines is 1. The molecule has 0 unspecified atom stereocenters.